The van der Waals surface area contributed by atoms with E-state index in [1.807, 2.05) is 4.72 Å². The number of benzene rings is 1. The van der Waals surface area contributed by atoms with Crippen molar-refractivity contribution in [1.82, 2.24) is 9.29 Å². The fraction of sp³-hybridized carbons (Fsp3) is 0.250. The maximum Gasteiger partial charge on any atom is 0.443 e. The number of hydrogen-bond donors (Lipinski definition) is 2. The Balaban J connectivity index is 2.23. The molecule has 2 aromatic rings. The molecule has 0 fully saturated rings. The number of thioether (sulfide) groups is 1. The van der Waals surface area contributed by atoms with Crippen LogP contribution in [0.4, 0.5) is 23.2 Å². The zero-order chi connectivity index (χ0) is 22.0. The van der Waals surface area contributed by atoms with Gasteiger partial charge in [-0.2, -0.15) is 23.2 Å². The fourth-order valence-electron chi connectivity index (χ4n) is 2.32. The molecule has 0 aliphatic rings. The van der Waals surface area contributed by atoms with Gasteiger partial charge in [0.15, 0.2) is 5.82 Å². The predicted octanol–water partition coefficient (Wildman–Crippen LogP) is 3.17. The largest absolute Gasteiger partial charge is 0.443 e. The number of amides is 1. The van der Waals surface area contributed by atoms with Crippen molar-refractivity contribution >= 4 is 33.4 Å². The summed E-state index contributed by atoms with van der Waals surface area (Å²) in [6, 6.07) is 6.33. The zero-order valence-corrected chi connectivity index (χ0v) is 16.5. The van der Waals surface area contributed by atoms with Gasteiger partial charge in [0.25, 0.3) is 5.91 Å². The molecule has 0 aliphatic heterocycles. The van der Waals surface area contributed by atoms with Crippen LogP contribution in [-0.2, 0) is 17.1 Å². The van der Waals surface area contributed by atoms with Crippen molar-refractivity contribution in [3.63, 3.8) is 0 Å². The summed E-state index contributed by atoms with van der Waals surface area (Å²) in [6.07, 6.45) is 1.03. The summed E-state index contributed by atoms with van der Waals surface area (Å²) in [7, 11) is -3.01. The van der Waals surface area contributed by atoms with Gasteiger partial charge >= 0.3 is 5.51 Å². The summed E-state index contributed by atoms with van der Waals surface area (Å²) >= 11 is -0.542. The van der Waals surface area contributed by atoms with Gasteiger partial charge in [0.05, 0.1) is 16.6 Å². The van der Waals surface area contributed by atoms with Crippen LogP contribution in [0.25, 0.3) is 0 Å². The number of aryl methyl sites for hydroxylation is 1. The molecule has 0 radical (unpaired) electrons. The van der Waals surface area contributed by atoms with Gasteiger partial charge in [-0.3, -0.25) is 4.79 Å². The molecule has 7 nitrogen and oxygen atoms in total. The molecule has 1 aromatic heterocycles. The minimum absolute atomic E-state index is 0.191. The molecule has 0 spiro atoms. The molecule has 1 atom stereocenters. The second kappa shape index (κ2) is 8.44. The third-order valence-electron chi connectivity index (χ3n) is 3.52. The van der Waals surface area contributed by atoms with Crippen molar-refractivity contribution in [2.24, 2.45) is 7.05 Å². The first kappa shape index (κ1) is 22.7. The van der Waals surface area contributed by atoms with Crippen LogP contribution >= 0.6 is 11.8 Å². The van der Waals surface area contributed by atoms with E-state index in [2.05, 4.69) is 5.32 Å². The lowest BCUT2D eigenvalue weighted by molar-refractivity contribution is -0.0333. The second-order valence-corrected chi connectivity index (χ2v) is 8.85. The minimum atomic E-state index is -4.63. The third-order valence-corrected chi connectivity index (χ3v) is 5.92. The highest BCUT2D eigenvalue weighted by molar-refractivity contribution is 8.01. The molecule has 2 rings (SSSR count). The average Bonchev–Trinajstić information content (AvgIpc) is 2.97. The molecule has 1 heterocycles. The molecule has 1 amide bonds. The molecule has 0 aliphatic carbocycles. The first-order valence-electron chi connectivity index (χ1n) is 7.77. The minimum Gasteiger partial charge on any atom is -0.345 e. The highest BCUT2D eigenvalue weighted by Gasteiger charge is 2.33. The van der Waals surface area contributed by atoms with Gasteiger partial charge in [0, 0.05) is 13.2 Å². The summed E-state index contributed by atoms with van der Waals surface area (Å²) in [5, 5.41) is 9.55. The Morgan fingerprint density at radius 1 is 1.34 bits per heavy atom. The summed E-state index contributed by atoms with van der Waals surface area (Å²) in [6.45, 7) is 1.03. The topological polar surface area (TPSA) is 104 Å². The molecule has 0 bridgehead atoms. The van der Waals surface area contributed by atoms with Crippen LogP contribution in [0.2, 0.25) is 0 Å². The number of nitrogens with one attached hydrogen (secondary N) is 2. The van der Waals surface area contributed by atoms with Crippen LogP contribution < -0.4 is 10.0 Å². The molecular weight excluding hydrogens is 436 g/mol. The number of carbonyl (C=O) groups excluding carboxylic acids is 1. The lowest BCUT2D eigenvalue weighted by atomic mass is 10.2. The van der Waals surface area contributed by atoms with Gasteiger partial charge in [-0.1, -0.05) is 6.07 Å². The van der Waals surface area contributed by atoms with Crippen molar-refractivity contribution in [2.75, 3.05) is 5.32 Å². The first-order chi connectivity index (χ1) is 13.3. The van der Waals surface area contributed by atoms with Crippen molar-refractivity contribution in [1.29, 1.82) is 5.26 Å². The molecule has 13 heteroatoms. The van der Waals surface area contributed by atoms with Crippen LogP contribution in [0, 0.1) is 17.1 Å². The summed E-state index contributed by atoms with van der Waals surface area (Å²) in [5.41, 5.74) is -5.40. The van der Waals surface area contributed by atoms with Crippen molar-refractivity contribution in [2.45, 2.75) is 22.7 Å². The normalized spacial score (nSPS) is 13.0. The number of nitriles is 1. The van der Waals surface area contributed by atoms with Crippen LogP contribution in [0.3, 0.4) is 0 Å². The van der Waals surface area contributed by atoms with Gasteiger partial charge in [0.1, 0.15) is 16.7 Å². The zero-order valence-electron chi connectivity index (χ0n) is 14.9. The summed E-state index contributed by atoms with van der Waals surface area (Å²) < 4.78 is 78.7. The molecule has 0 saturated heterocycles. The summed E-state index contributed by atoms with van der Waals surface area (Å²) in [4.78, 5) is 11.9. The number of sulfonamides is 1. The smallest absolute Gasteiger partial charge is 0.345 e. The van der Waals surface area contributed by atoms with E-state index < -0.39 is 49.3 Å². The van der Waals surface area contributed by atoms with E-state index in [0.29, 0.717) is 0 Å². The number of carbonyl (C=O) groups is 1. The van der Waals surface area contributed by atoms with E-state index >= 15 is 0 Å². The number of aromatic nitrogens is 1. The molecule has 2 N–H and O–H groups in total. The van der Waals surface area contributed by atoms with E-state index in [4.69, 9.17) is 5.26 Å². The Morgan fingerprint density at radius 2 is 2.00 bits per heavy atom. The average molecular weight is 450 g/mol. The number of hydrogen-bond acceptors (Lipinski definition) is 5. The molecule has 0 saturated carbocycles. The van der Waals surface area contributed by atoms with Crippen LogP contribution in [0.5, 0.6) is 0 Å². The molecule has 1 aromatic carbocycles. The Morgan fingerprint density at radius 3 is 2.59 bits per heavy atom. The Kier molecular flexibility index (Phi) is 6.61. The highest BCUT2D eigenvalue weighted by atomic mass is 32.2. The quantitative estimate of drug-likeness (QED) is 0.520. The first-order valence-corrected chi connectivity index (χ1v) is 10.1. The number of nitrogens with zero attached hydrogens (tertiary/aromatic N) is 2. The molecule has 29 heavy (non-hydrogen) atoms. The maximum atomic E-state index is 14.1. The number of rotatable bonds is 6. The Hall–Kier alpha value is -2.56. The van der Waals surface area contributed by atoms with Crippen molar-refractivity contribution in [3.05, 3.63) is 47.5 Å². The summed E-state index contributed by atoms with van der Waals surface area (Å²) in [5.74, 6) is -1.83. The third kappa shape index (κ3) is 5.72. The highest BCUT2D eigenvalue weighted by Crippen LogP contribution is 2.33. The van der Waals surface area contributed by atoms with E-state index in [1.54, 1.807) is 6.07 Å². The fourth-order valence-corrected chi connectivity index (χ4v) is 4.43. The van der Waals surface area contributed by atoms with Crippen LogP contribution in [0.1, 0.15) is 23.0 Å². The van der Waals surface area contributed by atoms with Gasteiger partial charge in [0.2, 0.25) is 10.0 Å². The monoisotopic (exact) mass is 450 g/mol. The van der Waals surface area contributed by atoms with Gasteiger partial charge in [-0.25, -0.2) is 12.8 Å². The molecule has 0 unspecified atom stereocenters. The van der Waals surface area contributed by atoms with Crippen molar-refractivity contribution in [3.8, 4) is 6.07 Å². The Labute approximate surface area is 167 Å². The molecule has 156 valence electrons. The number of anilines is 1. The van der Waals surface area contributed by atoms with E-state index in [9.17, 15) is 30.8 Å². The molecular formula is C16H14F4N4O3S2. The van der Waals surface area contributed by atoms with Crippen LogP contribution in [0.15, 0.2) is 35.4 Å². The SMILES string of the molecule is C[C@H](NS(=O)(=O)c1cc(C(=O)Nc2cccc(C#N)c2F)n(C)c1)SC(F)(F)F. The number of halogens is 4. The van der Waals surface area contributed by atoms with E-state index in [-0.39, 0.29) is 16.9 Å². The van der Waals surface area contributed by atoms with E-state index in [1.165, 1.54) is 25.2 Å². The lowest BCUT2D eigenvalue weighted by Crippen LogP contribution is -2.32. The van der Waals surface area contributed by atoms with Crippen LogP contribution in [-0.4, -0.2) is 29.8 Å². The van der Waals surface area contributed by atoms with Crippen molar-refractivity contribution < 1.29 is 30.8 Å². The van der Waals surface area contributed by atoms with E-state index in [0.717, 1.165) is 23.8 Å². The second-order valence-electron chi connectivity index (χ2n) is 5.73. The Bertz CT molecular complexity index is 1070. The predicted molar refractivity (Wildman–Crippen MR) is 97.9 cm³/mol. The lowest BCUT2D eigenvalue weighted by Gasteiger charge is -2.14. The number of alkyl halides is 3. The van der Waals surface area contributed by atoms with Gasteiger partial charge in [-0.15, -0.1) is 0 Å². The van der Waals surface area contributed by atoms with Gasteiger partial charge in [-0.05, 0) is 36.9 Å². The van der Waals surface area contributed by atoms with Gasteiger partial charge < -0.3 is 9.88 Å². The maximum absolute atomic E-state index is 14.1. The standard InChI is InChI=1S/C16H14F4N4O3S2/c1-9(28-16(18,19)20)23-29(26,27)11-6-13(24(2)8-11)15(25)22-12-5-3-4-10(7-21)14(12)17/h3-6,8-9,23H,1-2H3,(H,22,25)/t9-/m1/s1.